The number of anilines is 2. The zero-order chi connectivity index (χ0) is 23.5. The third kappa shape index (κ3) is 5.20. The summed E-state index contributed by atoms with van der Waals surface area (Å²) in [5.41, 5.74) is -0.0435. The van der Waals surface area contributed by atoms with Crippen LogP contribution in [0.15, 0.2) is 58.3 Å². The number of methoxy groups -OCH3 is 2. The van der Waals surface area contributed by atoms with Crippen LogP contribution in [-0.2, 0) is 20.0 Å². The van der Waals surface area contributed by atoms with Crippen molar-refractivity contribution < 1.29 is 35.1 Å². The van der Waals surface area contributed by atoms with E-state index in [-0.39, 0.29) is 28.3 Å². The van der Waals surface area contributed by atoms with Crippen LogP contribution in [0.25, 0.3) is 0 Å². The van der Waals surface area contributed by atoms with E-state index in [1.807, 2.05) is 0 Å². The third-order valence-electron chi connectivity index (χ3n) is 3.91. The highest BCUT2D eigenvalue weighted by molar-refractivity contribution is 7.93. The van der Waals surface area contributed by atoms with Gasteiger partial charge in [-0.05, 0) is 36.4 Å². The van der Waals surface area contributed by atoms with Crippen LogP contribution in [0.4, 0.5) is 20.3 Å². The Hall–Kier alpha value is -3.52. The molecule has 1 heterocycles. The Balaban J connectivity index is 1.81. The molecule has 0 aliphatic carbocycles. The number of ether oxygens (including phenoxy) is 2. The van der Waals surface area contributed by atoms with Crippen LogP contribution in [0.1, 0.15) is 0 Å². The topological polar surface area (TPSA) is 137 Å². The molecule has 0 bridgehead atoms. The fraction of sp³-hybridized carbons (Fsp3) is 0.111. The number of hydrogen-bond acceptors (Lipinski definition) is 8. The average Bonchev–Trinajstić information content (AvgIpc) is 2.72. The molecule has 14 heteroatoms. The number of benzene rings is 2. The van der Waals surface area contributed by atoms with Crippen molar-refractivity contribution in [1.29, 1.82) is 0 Å². The van der Waals surface area contributed by atoms with Crippen molar-refractivity contribution in [3.63, 3.8) is 0 Å². The summed E-state index contributed by atoms with van der Waals surface area (Å²) >= 11 is 0. The van der Waals surface area contributed by atoms with Gasteiger partial charge >= 0.3 is 6.01 Å². The van der Waals surface area contributed by atoms with Crippen LogP contribution in [0.2, 0.25) is 0 Å². The van der Waals surface area contributed by atoms with Crippen molar-refractivity contribution in [2.75, 3.05) is 23.7 Å². The third-order valence-corrected chi connectivity index (χ3v) is 6.70. The molecular weight excluding hydrogens is 470 g/mol. The summed E-state index contributed by atoms with van der Waals surface area (Å²) in [6.45, 7) is 0. The Bertz CT molecular complexity index is 1330. The summed E-state index contributed by atoms with van der Waals surface area (Å²) < 4.78 is 90.9. The molecule has 2 N–H and O–H groups in total. The molecule has 0 unspecified atom stereocenters. The molecule has 32 heavy (non-hydrogen) atoms. The molecular formula is C18H16F2N4O6S2. The summed E-state index contributed by atoms with van der Waals surface area (Å²) in [7, 11) is -5.86. The van der Waals surface area contributed by atoms with Gasteiger partial charge in [0.2, 0.25) is 5.88 Å². The second-order valence-electron chi connectivity index (χ2n) is 6.09. The van der Waals surface area contributed by atoms with Crippen LogP contribution >= 0.6 is 0 Å². The monoisotopic (exact) mass is 486 g/mol. The second-order valence-corrected chi connectivity index (χ2v) is 9.43. The highest BCUT2D eigenvalue weighted by atomic mass is 32.2. The SMILES string of the molecule is COc1cc(NS(=O)(=O)c2ccc(NS(=O)(=O)c3ccc(F)cc3F)cc2)nc(OC)n1. The van der Waals surface area contributed by atoms with Gasteiger partial charge in [0, 0.05) is 17.8 Å². The first-order valence-electron chi connectivity index (χ1n) is 8.62. The maximum atomic E-state index is 13.8. The van der Waals surface area contributed by atoms with E-state index >= 15 is 0 Å². The van der Waals surface area contributed by atoms with Crippen molar-refractivity contribution in [1.82, 2.24) is 9.97 Å². The van der Waals surface area contributed by atoms with E-state index in [9.17, 15) is 25.6 Å². The van der Waals surface area contributed by atoms with E-state index < -0.39 is 36.6 Å². The minimum Gasteiger partial charge on any atom is -0.481 e. The van der Waals surface area contributed by atoms with Gasteiger partial charge in [0.05, 0.1) is 19.1 Å². The lowest BCUT2D eigenvalue weighted by Crippen LogP contribution is -2.16. The number of halogens is 2. The highest BCUT2D eigenvalue weighted by Gasteiger charge is 2.21. The quantitative estimate of drug-likeness (QED) is 0.495. The van der Waals surface area contributed by atoms with Gasteiger partial charge < -0.3 is 9.47 Å². The van der Waals surface area contributed by atoms with Gasteiger partial charge in [-0.15, -0.1) is 0 Å². The van der Waals surface area contributed by atoms with Crippen molar-refractivity contribution in [2.24, 2.45) is 0 Å². The molecule has 1 aromatic heterocycles. The highest BCUT2D eigenvalue weighted by Crippen LogP contribution is 2.23. The lowest BCUT2D eigenvalue weighted by molar-refractivity contribution is 0.353. The number of nitrogens with zero attached hydrogens (tertiary/aromatic N) is 2. The first kappa shape index (κ1) is 23.1. The van der Waals surface area contributed by atoms with Crippen LogP contribution in [0, 0.1) is 11.6 Å². The van der Waals surface area contributed by atoms with Crippen molar-refractivity contribution in [3.05, 3.63) is 60.2 Å². The van der Waals surface area contributed by atoms with Crippen LogP contribution in [0.3, 0.4) is 0 Å². The van der Waals surface area contributed by atoms with Crippen molar-refractivity contribution in [3.8, 4) is 11.9 Å². The Labute approximate surface area is 182 Å². The fourth-order valence-electron chi connectivity index (χ4n) is 2.45. The molecule has 0 saturated heterocycles. The first-order chi connectivity index (χ1) is 15.0. The molecule has 0 aliphatic heterocycles. The molecule has 0 radical (unpaired) electrons. The molecule has 2 aromatic carbocycles. The molecule has 3 aromatic rings. The molecule has 170 valence electrons. The maximum absolute atomic E-state index is 13.8. The predicted molar refractivity (Wildman–Crippen MR) is 110 cm³/mol. The summed E-state index contributed by atoms with van der Waals surface area (Å²) in [6, 6.07) is 7.69. The first-order valence-corrected chi connectivity index (χ1v) is 11.6. The lowest BCUT2D eigenvalue weighted by atomic mass is 10.3. The van der Waals surface area contributed by atoms with E-state index in [1.165, 1.54) is 20.3 Å². The zero-order valence-electron chi connectivity index (χ0n) is 16.5. The molecule has 0 amide bonds. The number of rotatable bonds is 8. The zero-order valence-corrected chi connectivity index (χ0v) is 18.2. The molecule has 10 nitrogen and oxygen atoms in total. The largest absolute Gasteiger partial charge is 0.481 e. The van der Waals surface area contributed by atoms with Gasteiger partial charge in [-0.1, -0.05) is 0 Å². The minimum absolute atomic E-state index is 0.0435. The number of hydrogen-bond donors (Lipinski definition) is 2. The molecule has 0 spiro atoms. The second kappa shape index (κ2) is 8.92. The maximum Gasteiger partial charge on any atom is 0.321 e. The van der Waals surface area contributed by atoms with E-state index in [0.717, 1.165) is 36.4 Å². The van der Waals surface area contributed by atoms with E-state index in [2.05, 4.69) is 19.4 Å². The molecule has 0 aliphatic rings. The van der Waals surface area contributed by atoms with Gasteiger partial charge in [0.25, 0.3) is 20.0 Å². The van der Waals surface area contributed by atoms with Gasteiger partial charge in [-0.25, -0.2) is 25.6 Å². The van der Waals surface area contributed by atoms with Gasteiger partial charge in [-0.2, -0.15) is 9.97 Å². The Morgan fingerprint density at radius 1 is 0.812 bits per heavy atom. The lowest BCUT2D eigenvalue weighted by Gasteiger charge is -2.11. The van der Waals surface area contributed by atoms with Gasteiger partial charge in [0.1, 0.15) is 16.5 Å². The van der Waals surface area contributed by atoms with Crippen molar-refractivity contribution >= 4 is 31.6 Å². The molecule has 3 rings (SSSR count). The van der Waals surface area contributed by atoms with Crippen LogP contribution in [0.5, 0.6) is 11.9 Å². The van der Waals surface area contributed by atoms with Gasteiger partial charge in [0.15, 0.2) is 5.82 Å². The fourth-order valence-corrected chi connectivity index (χ4v) is 4.57. The van der Waals surface area contributed by atoms with Gasteiger partial charge in [-0.3, -0.25) is 9.44 Å². The Kier molecular flexibility index (Phi) is 6.45. The normalized spacial score (nSPS) is 11.6. The number of sulfonamides is 2. The average molecular weight is 486 g/mol. The smallest absolute Gasteiger partial charge is 0.321 e. The molecule has 0 fully saturated rings. The van der Waals surface area contributed by atoms with Crippen molar-refractivity contribution in [2.45, 2.75) is 9.79 Å². The molecule has 0 saturated carbocycles. The Morgan fingerprint density at radius 3 is 2.09 bits per heavy atom. The summed E-state index contributed by atoms with van der Waals surface area (Å²) in [5.74, 6) is -2.25. The number of aromatic nitrogens is 2. The van der Waals surface area contributed by atoms with E-state index in [1.54, 1.807) is 0 Å². The predicted octanol–water partition coefficient (Wildman–Crippen LogP) is 2.37. The van der Waals surface area contributed by atoms with Crippen LogP contribution < -0.4 is 18.9 Å². The van der Waals surface area contributed by atoms with E-state index in [0.29, 0.717) is 6.07 Å². The number of nitrogens with one attached hydrogen (secondary N) is 2. The van der Waals surface area contributed by atoms with Crippen LogP contribution in [-0.4, -0.2) is 41.0 Å². The van der Waals surface area contributed by atoms with E-state index in [4.69, 9.17) is 9.47 Å². The summed E-state index contributed by atoms with van der Waals surface area (Å²) in [4.78, 5) is 6.74. The molecule has 0 atom stereocenters. The summed E-state index contributed by atoms with van der Waals surface area (Å²) in [6.07, 6.45) is 0. The Morgan fingerprint density at radius 2 is 1.50 bits per heavy atom. The minimum atomic E-state index is -4.37. The summed E-state index contributed by atoms with van der Waals surface area (Å²) in [5, 5.41) is 0. The standard InChI is InChI=1S/C18H16F2N4O6S2/c1-29-17-10-16(21-18(22-17)30-2)24-31(25,26)13-6-4-12(5-7-13)23-32(27,28)15-8-3-11(19)9-14(15)20/h3-10,23H,1-2H3,(H,21,22,24).